The molecule has 1 aliphatic heterocycles. The molecule has 4 heteroatoms. The van der Waals surface area contributed by atoms with Crippen molar-refractivity contribution in [3.63, 3.8) is 0 Å². The van der Waals surface area contributed by atoms with Crippen molar-refractivity contribution in [2.45, 2.75) is 89.2 Å². The Morgan fingerprint density at radius 2 is 1.38 bits per heavy atom. The van der Waals surface area contributed by atoms with E-state index in [1.807, 2.05) is 11.8 Å². The highest BCUT2D eigenvalue weighted by Gasteiger charge is 2.30. The molecule has 0 spiro atoms. The molecule has 0 radical (unpaired) electrons. The van der Waals surface area contributed by atoms with Crippen molar-refractivity contribution in [1.82, 2.24) is 4.90 Å². The molecule has 1 aromatic carbocycles. The second kappa shape index (κ2) is 13.1. The summed E-state index contributed by atoms with van der Waals surface area (Å²) in [7, 11) is 0. The Balaban J connectivity index is 1.79. The van der Waals surface area contributed by atoms with Crippen LogP contribution in [-0.2, 0) is 0 Å². The summed E-state index contributed by atoms with van der Waals surface area (Å²) in [5, 5.41) is 0.378. The summed E-state index contributed by atoms with van der Waals surface area (Å²) in [5.74, 6) is 0. The second-order valence-corrected chi connectivity index (χ2v) is 10.3. The summed E-state index contributed by atoms with van der Waals surface area (Å²) in [6.07, 6.45) is 17.2. The maximum absolute atomic E-state index is 3.72. The molecule has 1 unspecified atom stereocenters. The van der Waals surface area contributed by atoms with Gasteiger partial charge in [-0.1, -0.05) is 53.4 Å². The number of thioether (sulfide) groups is 1. The van der Waals surface area contributed by atoms with E-state index in [9.17, 15) is 0 Å². The molecule has 0 fully saturated rings. The summed E-state index contributed by atoms with van der Waals surface area (Å²) in [4.78, 5) is 10.3. The molecule has 0 saturated heterocycles. The number of allylic oxidation sites excluding steroid dienone is 2. The lowest BCUT2D eigenvalue weighted by atomic mass is 10.1. The van der Waals surface area contributed by atoms with Crippen molar-refractivity contribution in [2.75, 3.05) is 31.1 Å². The Bertz CT molecular complexity index is 795. The first kappa shape index (κ1) is 25.0. The Kier molecular flexibility index (Phi) is 10.2. The number of fused-ring (bicyclic) bond motifs is 2. The maximum Gasteiger partial charge on any atom is 0.217 e. The molecule has 176 valence electrons. The van der Waals surface area contributed by atoms with Crippen LogP contribution in [0.3, 0.4) is 0 Å². The highest BCUT2D eigenvalue weighted by Crippen LogP contribution is 2.36. The van der Waals surface area contributed by atoms with E-state index in [1.54, 1.807) is 0 Å². The van der Waals surface area contributed by atoms with Crippen LogP contribution in [0.1, 0.15) is 79.1 Å². The van der Waals surface area contributed by atoms with Gasteiger partial charge < -0.3 is 9.80 Å². The van der Waals surface area contributed by atoms with E-state index in [4.69, 9.17) is 0 Å². The molecule has 0 saturated carbocycles. The van der Waals surface area contributed by atoms with Crippen LogP contribution in [0.2, 0.25) is 0 Å². The van der Waals surface area contributed by atoms with Crippen LogP contribution in [0, 0.1) is 0 Å². The number of unbranched alkanes of at least 4 members (excludes halogenated alkanes) is 4. The summed E-state index contributed by atoms with van der Waals surface area (Å²) in [5.41, 5.74) is 5.36. The fraction of sp³-hybridized carbons (Fsp3) is 0.607. The minimum Gasteiger partial charge on any atom is -0.372 e. The molecule has 1 heterocycles. The van der Waals surface area contributed by atoms with E-state index in [2.05, 4.69) is 78.9 Å². The molecule has 32 heavy (non-hydrogen) atoms. The Morgan fingerprint density at radius 1 is 0.781 bits per heavy atom. The molecule has 0 bridgehead atoms. The monoisotopic (exact) mass is 454 g/mol. The molecule has 0 amide bonds. The molecule has 3 nitrogen and oxygen atoms in total. The highest BCUT2D eigenvalue weighted by molar-refractivity contribution is 8.01. The quantitative estimate of drug-likeness (QED) is 0.368. The van der Waals surface area contributed by atoms with E-state index in [1.165, 1.54) is 79.0 Å². The Hall–Kier alpha value is -1.68. The molecular formula is C28H44N3S+. The lowest BCUT2D eigenvalue weighted by Crippen LogP contribution is -2.70. The van der Waals surface area contributed by atoms with E-state index < -0.39 is 0 Å². The molecule has 1 aliphatic carbocycles. The van der Waals surface area contributed by atoms with Gasteiger partial charge in [-0.3, -0.25) is 0 Å². The third-order valence-corrected chi connectivity index (χ3v) is 7.65. The van der Waals surface area contributed by atoms with E-state index in [0.29, 0.717) is 5.25 Å². The smallest absolute Gasteiger partial charge is 0.217 e. The minimum absolute atomic E-state index is 0.378. The first-order chi connectivity index (χ1) is 15.7. The Labute approximate surface area is 201 Å². The van der Waals surface area contributed by atoms with Gasteiger partial charge in [-0.05, 0) is 50.0 Å². The van der Waals surface area contributed by atoms with Crippen LogP contribution in [-0.4, -0.2) is 42.0 Å². The zero-order chi connectivity index (χ0) is 22.8. The molecule has 2 aliphatic rings. The van der Waals surface area contributed by atoms with Crippen molar-refractivity contribution < 1.29 is 4.99 Å². The maximum atomic E-state index is 3.72. The normalized spacial score (nSPS) is 16.8. The second-order valence-electron chi connectivity index (χ2n) is 9.11. The zero-order valence-electron chi connectivity index (χ0n) is 20.8. The van der Waals surface area contributed by atoms with Gasteiger partial charge in [-0.15, -0.1) is 11.8 Å². The zero-order valence-corrected chi connectivity index (χ0v) is 21.6. The van der Waals surface area contributed by atoms with Gasteiger partial charge in [0.2, 0.25) is 5.69 Å². The third kappa shape index (κ3) is 6.66. The van der Waals surface area contributed by atoms with Crippen molar-refractivity contribution in [3.05, 3.63) is 42.1 Å². The first-order valence-electron chi connectivity index (χ1n) is 13.0. The Morgan fingerprint density at radius 3 is 1.97 bits per heavy atom. The van der Waals surface area contributed by atoms with Crippen LogP contribution >= 0.6 is 11.8 Å². The van der Waals surface area contributed by atoms with Gasteiger partial charge in [0.05, 0.1) is 4.90 Å². The molecule has 3 rings (SSSR count). The van der Waals surface area contributed by atoms with Crippen LogP contribution in [0.5, 0.6) is 0 Å². The number of anilines is 1. The SMILES string of the molecule is CCCCN(CCCC)C1=CC2Sc3cc(N(CCCC)CCCC)ccc3[NH+]=C2C=C1. The summed E-state index contributed by atoms with van der Waals surface area (Å²) >= 11 is 2.01. The fourth-order valence-corrected chi connectivity index (χ4v) is 5.51. The molecule has 1 atom stereocenters. The fourth-order valence-electron chi connectivity index (χ4n) is 4.33. The number of rotatable bonds is 14. The van der Waals surface area contributed by atoms with Gasteiger partial charge in [0.15, 0.2) is 5.71 Å². The van der Waals surface area contributed by atoms with Crippen molar-refractivity contribution in [2.24, 2.45) is 0 Å². The number of hydrogen-bond acceptors (Lipinski definition) is 3. The average Bonchev–Trinajstić information content (AvgIpc) is 2.82. The van der Waals surface area contributed by atoms with Crippen LogP contribution in [0.4, 0.5) is 11.4 Å². The van der Waals surface area contributed by atoms with Gasteiger partial charge in [-0.2, -0.15) is 0 Å². The van der Waals surface area contributed by atoms with Crippen molar-refractivity contribution in [1.29, 1.82) is 0 Å². The summed E-state index contributed by atoms with van der Waals surface area (Å²) in [6, 6.07) is 7.02. The standard InChI is InChI=1S/C28H43N3S/c1-5-9-17-30(18-10-6-2)23-13-15-25-27(21-23)32-28-22-24(14-16-26(28)29-25)31(19-11-7-3)20-12-8-4/h13-16,21-22,27H,5-12,17-20H2,1-4H3/p+1. The van der Waals surface area contributed by atoms with Crippen molar-refractivity contribution in [3.8, 4) is 0 Å². The average molecular weight is 455 g/mol. The van der Waals surface area contributed by atoms with E-state index in [0.717, 1.165) is 26.2 Å². The van der Waals surface area contributed by atoms with E-state index in [-0.39, 0.29) is 0 Å². The molecule has 1 N–H and O–H groups in total. The van der Waals surface area contributed by atoms with E-state index >= 15 is 0 Å². The number of nitrogens with one attached hydrogen (secondary N) is 1. The largest absolute Gasteiger partial charge is 0.372 e. The van der Waals surface area contributed by atoms with Crippen LogP contribution in [0.15, 0.2) is 47.0 Å². The molecule has 0 aromatic heterocycles. The van der Waals surface area contributed by atoms with Gasteiger partial charge in [0.1, 0.15) is 5.25 Å². The topological polar surface area (TPSA) is 20.5 Å². The minimum atomic E-state index is 0.378. The predicted octanol–water partition coefficient (Wildman–Crippen LogP) is 6.08. The van der Waals surface area contributed by atoms with Gasteiger partial charge in [0, 0.05) is 49.7 Å². The molecular weight excluding hydrogens is 410 g/mol. The summed E-state index contributed by atoms with van der Waals surface area (Å²) < 4.78 is 0. The number of hydrogen-bond donors (Lipinski definition) is 1. The van der Waals surface area contributed by atoms with Gasteiger partial charge >= 0.3 is 0 Å². The number of nitrogens with zero attached hydrogens (tertiary/aromatic N) is 2. The summed E-state index contributed by atoms with van der Waals surface area (Å²) in [6.45, 7) is 13.8. The molecule has 1 aromatic rings. The highest BCUT2D eigenvalue weighted by atomic mass is 32.2. The van der Waals surface area contributed by atoms with Gasteiger partial charge in [-0.25, -0.2) is 4.99 Å². The predicted molar refractivity (Wildman–Crippen MR) is 142 cm³/mol. The van der Waals surface area contributed by atoms with Crippen LogP contribution < -0.4 is 9.89 Å². The van der Waals surface area contributed by atoms with Crippen LogP contribution in [0.25, 0.3) is 0 Å². The third-order valence-electron chi connectivity index (χ3n) is 6.42. The number of benzene rings is 1. The van der Waals surface area contributed by atoms with Crippen molar-refractivity contribution >= 4 is 28.8 Å². The first-order valence-corrected chi connectivity index (χ1v) is 13.9. The van der Waals surface area contributed by atoms with Gasteiger partial charge in [0.25, 0.3) is 0 Å². The lowest BCUT2D eigenvalue weighted by molar-refractivity contribution is -0.357. The lowest BCUT2D eigenvalue weighted by Gasteiger charge is -2.29.